The quantitative estimate of drug-likeness (QED) is 0.805. The molecule has 3 N–H and O–H groups in total. The molecule has 1 saturated carbocycles. The fourth-order valence-corrected chi connectivity index (χ4v) is 3.09. The molecule has 0 spiro atoms. The van der Waals surface area contributed by atoms with E-state index in [0.717, 1.165) is 30.6 Å². The summed E-state index contributed by atoms with van der Waals surface area (Å²) in [5.74, 6) is 0. The molecule has 7 nitrogen and oxygen atoms in total. The number of benzene rings is 1. The first-order chi connectivity index (χ1) is 10.6. The number of carboxylic acid groups (broad SMARTS) is 1. The van der Waals surface area contributed by atoms with Crippen molar-refractivity contribution in [2.24, 2.45) is 0 Å². The number of anilines is 1. The highest BCUT2D eigenvalue weighted by Crippen LogP contribution is 2.33. The van der Waals surface area contributed by atoms with Crippen LogP contribution in [0.3, 0.4) is 0 Å². The molecule has 1 aliphatic rings. The SMILES string of the molecule is CC1(NC(=O)O)CCCC1Nc1ccccc1-n1nccn1. The van der Waals surface area contributed by atoms with E-state index < -0.39 is 11.6 Å². The number of aromatic nitrogens is 3. The van der Waals surface area contributed by atoms with Gasteiger partial charge in [0.15, 0.2) is 0 Å². The first-order valence-corrected chi connectivity index (χ1v) is 7.32. The van der Waals surface area contributed by atoms with Crippen LogP contribution in [0.2, 0.25) is 0 Å². The van der Waals surface area contributed by atoms with Gasteiger partial charge in [0.2, 0.25) is 0 Å². The zero-order valence-electron chi connectivity index (χ0n) is 12.4. The Kier molecular flexibility index (Phi) is 3.70. The molecule has 0 saturated heterocycles. The topological polar surface area (TPSA) is 92.1 Å². The lowest BCUT2D eigenvalue weighted by molar-refractivity contribution is 0.178. The summed E-state index contributed by atoms with van der Waals surface area (Å²) < 4.78 is 0. The van der Waals surface area contributed by atoms with Gasteiger partial charge in [-0.25, -0.2) is 4.79 Å². The molecule has 2 unspecified atom stereocenters. The van der Waals surface area contributed by atoms with E-state index in [1.807, 2.05) is 31.2 Å². The number of para-hydroxylation sites is 2. The number of nitrogens with one attached hydrogen (secondary N) is 2. The molecular formula is C15H19N5O2. The standard InChI is InChI=1S/C15H19N5O2/c1-15(19-14(21)22)8-4-7-13(15)18-11-5-2-3-6-12(11)20-16-9-10-17-20/h2-3,5-6,9-10,13,18-19H,4,7-8H2,1H3,(H,21,22). The van der Waals surface area contributed by atoms with Crippen molar-refractivity contribution in [3.8, 4) is 5.69 Å². The van der Waals surface area contributed by atoms with Crippen molar-refractivity contribution in [1.82, 2.24) is 20.3 Å². The summed E-state index contributed by atoms with van der Waals surface area (Å²) >= 11 is 0. The average molecular weight is 301 g/mol. The second-order valence-corrected chi connectivity index (χ2v) is 5.77. The highest BCUT2D eigenvalue weighted by Gasteiger charge is 2.40. The molecule has 7 heteroatoms. The van der Waals surface area contributed by atoms with Gasteiger partial charge in [-0.2, -0.15) is 10.2 Å². The van der Waals surface area contributed by atoms with Crippen molar-refractivity contribution in [2.45, 2.75) is 37.8 Å². The van der Waals surface area contributed by atoms with Gasteiger partial charge in [-0.3, -0.25) is 0 Å². The third-order valence-corrected chi connectivity index (χ3v) is 4.22. The van der Waals surface area contributed by atoms with E-state index >= 15 is 0 Å². The molecule has 3 rings (SSSR count). The van der Waals surface area contributed by atoms with E-state index in [0.29, 0.717) is 0 Å². The molecule has 1 heterocycles. The molecule has 2 atom stereocenters. The monoisotopic (exact) mass is 301 g/mol. The maximum absolute atomic E-state index is 11.0. The molecule has 0 aliphatic heterocycles. The lowest BCUT2D eigenvalue weighted by Crippen LogP contribution is -2.53. The van der Waals surface area contributed by atoms with E-state index in [1.165, 1.54) is 0 Å². The zero-order chi connectivity index (χ0) is 15.6. The first-order valence-electron chi connectivity index (χ1n) is 7.32. The predicted octanol–water partition coefficient (Wildman–Crippen LogP) is 2.26. The summed E-state index contributed by atoms with van der Waals surface area (Å²) in [6.07, 6.45) is 4.98. The molecule has 1 aliphatic carbocycles. The smallest absolute Gasteiger partial charge is 0.405 e. The minimum Gasteiger partial charge on any atom is -0.465 e. The Morgan fingerprint density at radius 2 is 2.09 bits per heavy atom. The van der Waals surface area contributed by atoms with E-state index in [2.05, 4.69) is 20.8 Å². The van der Waals surface area contributed by atoms with Crippen molar-refractivity contribution >= 4 is 11.8 Å². The fraction of sp³-hybridized carbons (Fsp3) is 0.400. The molecule has 0 bridgehead atoms. The predicted molar refractivity (Wildman–Crippen MR) is 82.2 cm³/mol. The van der Waals surface area contributed by atoms with Crippen molar-refractivity contribution in [3.05, 3.63) is 36.7 Å². The molecule has 1 amide bonds. The summed E-state index contributed by atoms with van der Waals surface area (Å²) in [6, 6.07) is 7.78. The van der Waals surface area contributed by atoms with Crippen LogP contribution in [0.4, 0.5) is 10.5 Å². The lowest BCUT2D eigenvalue weighted by Gasteiger charge is -2.33. The molecule has 0 radical (unpaired) electrons. The largest absolute Gasteiger partial charge is 0.465 e. The summed E-state index contributed by atoms with van der Waals surface area (Å²) in [4.78, 5) is 12.6. The van der Waals surface area contributed by atoms with Crippen LogP contribution in [0.1, 0.15) is 26.2 Å². The normalized spacial score (nSPS) is 24.1. The molecule has 1 aromatic carbocycles. The van der Waals surface area contributed by atoms with E-state index in [1.54, 1.807) is 17.2 Å². The van der Waals surface area contributed by atoms with Crippen LogP contribution in [-0.4, -0.2) is 37.8 Å². The van der Waals surface area contributed by atoms with Gasteiger partial charge in [-0.05, 0) is 38.3 Å². The van der Waals surface area contributed by atoms with Gasteiger partial charge in [-0.15, -0.1) is 4.80 Å². The Hall–Kier alpha value is -2.57. The second-order valence-electron chi connectivity index (χ2n) is 5.77. The highest BCUT2D eigenvalue weighted by molar-refractivity contribution is 5.67. The van der Waals surface area contributed by atoms with Crippen LogP contribution in [0.15, 0.2) is 36.7 Å². The molecule has 1 aromatic heterocycles. The minimum atomic E-state index is -0.988. The van der Waals surface area contributed by atoms with Crippen LogP contribution in [0.5, 0.6) is 0 Å². The van der Waals surface area contributed by atoms with Gasteiger partial charge in [0.05, 0.1) is 23.6 Å². The Labute approximate surface area is 128 Å². The summed E-state index contributed by atoms with van der Waals surface area (Å²) in [6.45, 7) is 1.94. The van der Waals surface area contributed by atoms with Crippen molar-refractivity contribution in [2.75, 3.05) is 5.32 Å². The molecule has 2 aromatic rings. The van der Waals surface area contributed by atoms with Gasteiger partial charge in [-0.1, -0.05) is 12.1 Å². The average Bonchev–Trinajstić information content (AvgIpc) is 3.10. The second kappa shape index (κ2) is 5.67. The van der Waals surface area contributed by atoms with Crippen LogP contribution in [0.25, 0.3) is 5.69 Å². The van der Waals surface area contributed by atoms with Gasteiger partial charge < -0.3 is 15.7 Å². The number of hydrogen-bond donors (Lipinski definition) is 3. The lowest BCUT2D eigenvalue weighted by atomic mass is 9.95. The Balaban J connectivity index is 1.86. The van der Waals surface area contributed by atoms with Crippen molar-refractivity contribution in [3.63, 3.8) is 0 Å². The fourth-order valence-electron chi connectivity index (χ4n) is 3.09. The van der Waals surface area contributed by atoms with Gasteiger partial charge in [0, 0.05) is 6.04 Å². The maximum Gasteiger partial charge on any atom is 0.405 e. The van der Waals surface area contributed by atoms with E-state index in [9.17, 15) is 4.79 Å². The van der Waals surface area contributed by atoms with Gasteiger partial charge >= 0.3 is 6.09 Å². The van der Waals surface area contributed by atoms with Gasteiger partial charge in [0.25, 0.3) is 0 Å². The number of amides is 1. The molecular weight excluding hydrogens is 282 g/mol. The zero-order valence-corrected chi connectivity index (χ0v) is 12.4. The highest BCUT2D eigenvalue weighted by atomic mass is 16.4. The van der Waals surface area contributed by atoms with Crippen molar-refractivity contribution in [1.29, 1.82) is 0 Å². The third-order valence-electron chi connectivity index (χ3n) is 4.22. The number of hydrogen-bond acceptors (Lipinski definition) is 4. The van der Waals surface area contributed by atoms with Crippen LogP contribution in [-0.2, 0) is 0 Å². The van der Waals surface area contributed by atoms with E-state index in [4.69, 9.17) is 5.11 Å². The Morgan fingerprint density at radius 3 is 2.82 bits per heavy atom. The first kappa shape index (κ1) is 14.4. The maximum atomic E-state index is 11.0. The Bertz CT molecular complexity index is 658. The summed E-state index contributed by atoms with van der Waals surface area (Å²) in [5.41, 5.74) is 1.26. The van der Waals surface area contributed by atoms with Gasteiger partial charge in [0.1, 0.15) is 5.69 Å². The van der Waals surface area contributed by atoms with Crippen LogP contribution in [0, 0.1) is 0 Å². The van der Waals surface area contributed by atoms with Crippen LogP contribution >= 0.6 is 0 Å². The van der Waals surface area contributed by atoms with Crippen LogP contribution < -0.4 is 10.6 Å². The third kappa shape index (κ3) is 2.74. The minimum absolute atomic E-state index is 0.0281. The number of rotatable bonds is 4. The van der Waals surface area contributed by atoms with E-state index in [-0.39, 0.29) is 6.04 Å². The Morgan fingerprint density at radius 1 is 1.36 bits per heavy atom. The molecule has 116 valence electrons. The molecule has 1 fully saturated rings. The summed E-state index contributed by atoms with van der Waals surface area (Å²) in [7, 11) is 0. The molecule has 22 heavy (non-hydrogen) atoms. The number of nitrogens with zero attached hydrogens (tertiary/aromatic N) is 3. The summed E-state index contributed by atoms with van der Waals surface area (Å²) in [5, 5.41) is 23.5. The van der Waals surface area contributed by atoms with Crippen molar-refractivity contribution < 1.29 is 9.90 Å². The number of carbonyl (C=O) groups is 1.